The smallest absolute Gasteiger partial charge is 0.271 e. The molecule has 0 heterocycles. The summed E-state index contributed by atoms with van der Waals surface area (Å²) >= 11 is 0. The number of rotatable bonds is 6. The van der Waals surface area contributed by atoms with E-state index in [1.807, 2.05) is 0 Å². The second-order valence-electron chi connectivity index (χ2n) is 5.40. The third-order valence-corrected chi connectivity index (χ3v) is 3.64. The first-order valence-corrected chi connectivity index (χ1v) is 7.76. The largest absolute Gasteiger partial charge is 0.504 e. The van der Waals surface area contributed by atoms with Gasteiger partial charge in [-0.15, -0.1) is 0 Å². The number of benzene rings is 2. The van der Waals surface area contributed by atoms with Gasteiger partial charge in [0.25, 0.3) is 5.78 Å². The molecule has 6 nitrogen and oxygen atoms in total. The highest BCUT2D eigenvalue weighted by molar-refractivity contribution is 6.44. The van der Waals surface area contributed by atoms with Gasteiger partial charge in [0.15, 0.2) is 23.0 Å². The molecule has 0 saturated carbocycles. The molecule has 2 aromatic rings. The molecule has 0 amide bonds. The lowest BCUT2D eigenvalue weighted by Gasteiger charge is -2.05. The highest BCUT2D eigenvalue weighted by Crippen LogP contribution is 2.27. The molecule has 26 heavy (non-hydrogen) atoms. The van der Waals surface area contributed by atoms with Crippen molar-refractivity contribution in [2.75, 3.05) is 14.2 Å². The molecule has 0 unspecified atom stereocenters. The summed E-state index contributed by atoms with van der Waals surface area (Å²) in [6, 6.07) is 9.13. The second kappa shape index (κ2) is 8.58. The zero-order chi connectivity index (χ0) is 19.1. The Bertz CT molecular complexity index is 889. The van der Waals surface area contributed by atoms with Gasteiger partial charge in [-0.1, -0.05) is 12.0 Å². The SMILES string of the molecule is COc1cc(C#CC(=O)C(=O)CCc2ccc(O)c(OC)c2)ccc1O. The number of Topliss-reactive ketones (excluding diaryl/α,β-unsaturated/α-hetero) is 2. The number of ether oxygens (including phenoxy) is 2. The minimum atomic E-state index is -0.789. The molecule has 0 fully saturated rings. The Balaban J connectivity index is 1.99. The van der Waals surface area contributed by atoms with E-state index in [0.29, 0.717) is 17.7 Å². The molecule has 2 N–H and O–H groups in total. The predicted molar refractivity (Wildman–Crippen MR) is 94.5 cm³/mol. The summed E-state index contributed by atoms with van der Waals surface area (Å²) in [5, 5.41) is 19.1. The summed E-state index contributed by atoms with van der Waals surface area (Å²) < 4.78 is 9.96. The average molecular weight is 354 g/mol. The quantitative estimate of drug-likeness (QED) is 0.610. The van der Waals surface area contributed by atoms with Gasteiger partial charge in [-0.2, -0.15) is 0 Å². The molecule has 0 aliphatic carbocycles. The van der Waals surface area contributed by atoms with Crippen LogP contribution in [-0.4, -0.2) is 36.0 Å². The molecule has 0 radical (unpaired) electrons. The molecule has 0 spiro atoms. The first kappa shape index (κ1) is 18.9. The number of hydrogen-bond acceptors (Lipinski definition) is 6. The fourth-order valence-electron chi connectivity index (χ4n) is 2.20. The highest BCUT2D eigenvalue weighted by atomic mass is 16.5. The van der Waals surface area contributed by atoms with E-state index in [0.717, 1.165) is 5.56 Å². The number of phenols is 2. The van der Waals surface area contributed by atoms with Crippen molar-refractivity contribution in [3.05, 3.63) is 47.5 Å². The van der Waals surface area contributed by atoms with E-state index in [9.17, 15) is 19.8 Å². The van der Waals surface area contributed by atoms with Gasteiger partial charge in [-0.3, -0.25) is 9.59 Å². The van der Waals surface area contributed by atoms with Crippen LogP contribution >= 0.6 is 0 Å². The molecule has 134 valence electrons. The molecular formula is C20H18O6. The Morgan fingerprint density at radius 1 is 0.962 bits per heavy atom. The summed E-state index contributed by atoms with van der Waals surface area (Å²) in [7, 11) is 2.83. The van der Waals surface area contributed by atoms with Gasteiger partial charge in [-0.05, 0) is 48.2 Å². The van der Waals surface area contributed by atoms with Crippen LogP contribution in [0.25, 0.3) is 0 Å². The molecule has 0 atom stereocenters. The summed E-state index contributed by atoms with van der Waals surface area (Å²) in [4.78, 5) is 23.8. The van der Waals surface area contributed by atoms with E-state index in [-0.39, 0.29) is 23.7 Å². The standard InChI is InChI=1S/C20H18O6/c1-25-19-11-13(5-9-17(19)23)3-7-15(21)16(22)8-4-14-6-10-18(24)20(12-14)26-2/h5-6,9-12,23-24H,3,7H2,1-2H3. The fraction of sp³-hybridized carbons (Fsp3) is 0.200. The molecule has 2 aromatic carbocycles. The lowest BCUT2D eigenvalue weighted by molar-refractivity contribution is -0.133. The van der Waals surface area contributed by atoms with Crippen molar-refractivity contribution in [3.63, 3.8) is 0 Å². The Hall–Kier alpha value is -3.46. The van der Waals surface area contributed by atoms with Crippen LogP contribution in [0.4, 0.5) is 0 Å². The number of ketones is 2. The van der Waals surface area contributed by atoms with Crippen LogP contribution in [0.1, 0.15) is 17.5 Å². The molecule has 0 aliphatic heterocycles. The average Bonchev–Trinajstić information content (AvgIpc) is 2.66. The van der Waals surface area contributed by atoms with Gasteiger partial charge >= 0.3 is 0 Å². The Morgan fingerprint density at radius 3 is 2.23 bits per heavy atom. The molecule has 2 rings (SSSR count). The van der Waals surface area contributed by atoms with Gasteiger partial charge in [0.1, 0.15) is 0 Å². The van der Waals surface area contributed by atoms with Crippen LogP contribution in [0, 0.1) is 11.8 Å². The maximum Gasteiger partial charge on any atom is 0.271 e. The first-order valence-electron chi connectivity index (χ1n) is 7.76. The number of aromatic hydroxyl groups is 2. The van der Waals surface area contributed by atoms with Crippen molar-refractivity contribution in [2.45, 2.75) is 12.8 Å². The Morgan fingerprint density at radius 2 is 1.58 bits per heavy atom. The van der Waals surface area contributed by atoms with Crippen molar-refractivity contribution < 1.29 is 29.3 Å². The van der Waals surface area contributed by atoms with Crippen LogP contribution in [0.15, 0.2) is 36.4 Å². The molecule has 0 aliphatic rings. The monoisotopic (exact) mass is 354 g/mol. The molecule has 0 saturated heterocycles. The van der Waals surface area contributed by atoms with Gasteiger partial charge in [0.2, 0.25) is 5.78 Å². The summed E-state index contributed by atoms with van der Waals surface area (Å²) in [6.07, 6.45) is 0.330. The predicted octanol–water partition coefficient (Wildman–Crippen LogP) is 2.24. The van der Waals surface area contributed by atoms with E-state index in [1.165, 1.54) is 38.5 Å². The lowest BCUT2D eigenvalue weighted by atomic mass is 10.0. The fourth-order valence-corrected chi connectivity index (χ4v) is 2.20. The number of phenolic OH excluding ortho intramolecular Hbond substituents is 2. The molecule has 6 heteroatoms. The van der Waals surface area contributed by atoms with E-state index in [4.69, 9.17) is 9.47 Å². The van der Waals surface area contributed by atoms with Crippen LogP contribution in [0.3, 0.4) is 0 Å². The van der Waals surface area contributed by atoms with Crippen LogP contribution < -0.4 is 9.47 Å². The Labute approximate surface area is 151 Å². The number of aryl methyl sites for hydroxylation is 1. The minimum absolute atomic E-state index is 0.000339. The number of carbonyl (C=O) groups is 2. The maximum atomic E-state index is 11.9. The zero-order valence-corrected chi connectivity index (χ0v) is 14.4. The Kier molecular flexibility index (Phi) is 6.23. The highest BCUT2D eigenvalue weighted by Gasteiger charge is 2.12. The van der Waals surface area contributed by atoms with E-state index in [2.05, 4.69) is 11.8 Å². The van der Waals surface area contributed by atoms with E-state index >= 15 is 0 Å². The minimum Gasteiger partial charge on any atom is -0.504 e. The van der Waals surface area contributed by atoms with Crippen molar-refractivity contribution in [1.29, 1.82) is 0 Å². The van der Waals surface area contributed by atoms with Crippen LogP contribution in [0.5, 0.6) is 23.0 Å². The van der Waals surface area contributed by atoms with E-state index < -0.39 is 11.6 Å². The normalized spacial score (nSPS) is 9.77. The van der Waals surface area contributed by atoms with Gasteiger partial charge in [0, 0.05) is 12.0 Å². The van der Waals surface area contributed by atoms with Crippen molar-refractivity contribution >= 4 is 11.6 Å². The summed E-state index contributed by atoms with van der Waals surface area (Å²) in [5.74, 6) is 4.00. The second-order valence-corrected chi connectivity index (χ2v) is 5.40. The van der Waals surface area contributed by atoms with Gasteiger partial charge in [-0.25, -0.2) is 0 Å². The number of hydrogen-bond donors (Lipinski definition) is 2. The molecule has 0 aromatic heterocycles. The third kappa shape index (κ3) is 4.77. The number of carbonyl (C=O) groups excluding carboxylic acids is 2. The van der Waals surface area contributed by atoms with Gasteiger partial charge in [0.05, 0.1) is 14.2 Å². The lowest BCUT2D eigenvalue weighted by Crippen LogP contribution is -2.12. The molecular weight excluding hydrogens is 336 g/mol. The summed E-state index contributed by atoms with van der Waals surface area (Å²) in [6.45, 7) is 0. The maximum absolute atomic E-state index is 11.9. The summed E-state index contributed by atoms with van der Waals surface area (Å²) in [5.41, 5.74) is 1.21. The number of methoxy groups -OCH3 is 2. The van der Waals surface area contributed by atoms with Crippen LogP contribution in [-0.2, 0) is 16.0 Å². The van der Waals surface area contributed by atoms with Crippen molar-refractivity contribution in [2.24, 2.45) is 0 Å². The third-order valence-electron chi connectivity index (χ3n) is 3.64. The van der Waals surface area contributed by atoms with Gasteiger partial charge < -0.3 is 19.7 Å². The topological polar surface area (TPSA) is 93.1 Å². The van der Waals surface area contributed by atoms with Crippen LogP contribution in [0.2, 0.25) is 0 Å². The van der Waals surface area contributed by atoms with Crippen molar-refractivity contribution in [1.82, 2.24) is 0 Å². The van der Waals surface area contributed by atoms with E-state index in [1.54, 1.807) is 12.1 Å². The first-order chi connectivity index (χ1) is 12.4. The molecule has 0 bridgehead atoms. The zero-order valence-electron chi connectivity index (χ0n) is 14.4. The van der Waals surface area contributed by atoms with Crippen molar-refractivity contribution in [3.8, 4) is 34.8 Å².